The van der Waals surface area contributed by atoms with Crippen LogP contribution >= 0.6 is 0 Å². The molecule has 1 saturated carbocycles. The fourth-order valence-electron chi connectivity index (χ4n) is 4.52. The molecule has 2 N–H and O–H groups in total. The van der Waals surface area contributed by atoms with Gasteiger partial charge in [-0.25, -0.2) is 0 Å². The third kappa shape index (κ3) is 3.75. The van der Waals surface area contributed by atoms with Crippen molar-refractivity contribution in [3.05, 3.63) is 0 Å². The van der Waals surface area contributed by atoms with Crippen molar-refractivity contribution in [1.82, 2.24) is 10.2 Å². The minimum atomic E-state index is 0.330. The van der Waals surface area contributed by atoms with Gasteiger partial charge in [-0.2, -0.15) is 0 Å². The van der Waals surface area contributed by atoms with Crippen molar-refractivity contribution in [3.8, 4) is 0 Å². The van der Waals surface area contributed by atoms with Crippen molar-refractivity contribution in [2.24, 2.45) is 17.8 Å². The predicted octanol–water partition coefficient (Wildman–Crippen LogP) is 2.49. The van der Waals surface area contributed by atoms with Gasteiger partial charge < -0.3 is 10.4 Å². The summed E-state index contributed by atoms with van der Waals surface area (Å²) in [5, 5.41) is 13.2. The Labute approximate surface area is 125 Å². The van der Waals surface area contributed by atoms with E-state index in [1.165, 1.54) is 51.6 Å². The van der Waals surface area contributed by atoms with Crippen molar-refractivity contribution >= 4 is 0 Å². The lowest BCUT2D eigenvalue weighted by Gasteiger charge is -2.39. The largest absolute Gasteiger partial charge is 0.395 e. The van der Waals surface area contributed by atoms with Crippen LogP contribution in [0.4, 0.5) is 0 Å². The van der Waals surface area contributed by atoms with Crippen LogP contribution in [-0.2, 0) is 0 Å². The standard InChI is InChI=1S/C17H34N2O/c1-4-5-14-6-7-16(18-3)15(10-14)11-19-9-8-13(2)17(19)12-20/h13-18,20H,4-12H2,1-3H3. The molecule has 0 spiro atoms. The minimum Gasteiger partial charge on any atom is -0.395 e. The molecule has 5 atom stereocenters. The Morgan fingerprint density at radius 1 is 1.25 bits per heavy atom. The van der Waals surface area contributed by atoms with Gasteiger partial charge in [0.05, 0.1) is 6.61 Å². The van der Waals surface area contributed by atoms with Gasteiger partial charge in [0.15, 0.2) is 0 Å². The van der Waals surface area contributed by atoms with Crippen molar-refractivity contribution < 1.29 is 5.11 Å². The molecule has 0 aromatic rings. The Balaban J connectivity index is 1.93. The first-order chi connectivity index (χ1) is 9.69. The Hall–Kier alpha value is -0.120. The van der Waals surface area contributed by atoms with Gasteiger partial charge in [-0.05, 0) is 57.0 Å². The first-order valence-corrected chi connectivity index (χ1v) is 8.71. The second-order valence-electron chi connectivity index (χ2n) is 7.13. The first kappa shape index (κ1) is 16.3. The highest BCUT2D eigenvalue weighted by atomic mass is 16.3. The molecule has 1 heterocycles. The van der Waals surface area contributed by atoms with Crippen molar-refractivity contribution in [1.29, 1.82) is 0 Å². The third-order valence-electron chi connectivity index (χ3n) is 5.81. The van der Waals surface area contributed by atoms with Crippen molar-refractivity contribution in [2.75, 3.05) is 26.7 Å². The van der Waals surface area contributed by atoms with Crippen LogP contribution in [0, 0.1) is 17.8 Å². The van der Waals surface area contributed by atoms with Gasteiger partial charge in [0.25, 0.3) is 0 Å². The quantitative estimate of drug-likeness (QED) is 0.786. The van der Waals surface area contributed by atoms with E-state index in [0.717, 1.165) is 11.8 Å². The lowest BCUT2D eigenvalue weighted by molar-refractivity contribution is 0.0935. The van der Waals surface area contributed by atoms with Gasteiger partial charge in [0.2, 0.25) is 0 Å². The number of hydrogen-bond donors (Lipinski definition) is 2. The van der Waals surface area contributed by atoms with Crippen LogP contribution in [-0.4, -0.2) is 48.8 Å². The molecular formula is C17H34N2O. The Kier molecular flexibility index (Phi) is 6.31. The number of nitrogens with zero attached hydrogens (tertiary/aromatic N) is 1. The monoisotopic (exact) mass is 282 g/mol. The molecule has 0 bridgehead atoms. The summed E-state index contributed by atoms with van der Waals surface area (Å²) in [7, 11) is 2.12. The number of likely N-dealkylation sites (tertiary alicyclic amines) is 1. The molecule has 1 aliphatic carbocycles. The maximum atomic E-state index is 9.64. The van der Waals surface area contributed by atoms with E-state index in [-0.39, 0.29) is 0 Å². The number of rotatable bonds is 6. The summed E-state index contributed by atoms with van der Waals surface area (Å²) in [5.74, 6) is 2.36. The van der Waals surface area contributed by atoms with Crippen molar-refractivity contribution in [2.45, 2.75) is 64.5 Å². The summed E-state index contributed by atoms with van der Waals surface area (Å²) in [5.41, 5.74) is 0. The van der Waals surface area contributed by atoms with E-state index in [1.807, 2.05) is 0 Å². The summed E-state index contributed by atoms with van der Waals surface area (Å²) >= 11 is 0. The number of hydrogen-bond acceptors (Lipinski definition) is 3. The average molecular weight is 282 g/mol. The lowest BCUT2D eigenvalue weighted by atomic mass is 9.76. The maximum Gasteiger partial charge on any atom is 0.0589 e. The summed E-state index contributed by atoms with van der Waals surface area (Å²) in [6, 6.07) is 1.08. The van der Waals surface area contributed by atoms with E-state index >= 15 is 0 Å². The molecule has 0 aromatic carbocycles. The molecule has 1 aliphatic heterocycles. The summed E-state index contributed by atoms with van der Waals surface area (Å²) in [6.07, 6.45) is 8.08. The zero-order chi connectivity index (χ0) is 14.5. The molecule has 2 rings (SSSR count). The Morgan fingerprint density at radius 2 is 2.05 bits per heavy atom. The topological polar surface area (TPSA) is 35.5 Å². The third-order valence-corrected chi connectivity index (χ3v) is 5.81. The molecule has 3 heteroatoms. The van der Waals surface area contributed by atoms with Gasteiger partial charge in [-0.3, -0.25) is 4.90 Å². The SMILES string of the molecule is CCCC1CCC(NC)C(CN2CCC(C)C2CO)C1. The summed E-state index contributed by atoms with van der Waals surface area (Å²) in [6.45, 7) is 7.29. The molecule has 20 heavy (non-hydrogen) atoms. The van der Waals surface area contributed by atoms with Crippen LogP contribution in [0.1, 0.15) is 52.4 Å². The van der Waals surface area contributed by atoms with Crippen LogP contribution in [0.3, 0.4) is 0 Å². The molecule has 2 aliphatic rings. The number of nitrogens with one attached hydrogen (secondary N) is 1. The molecule has 0 radical (unpaired) electrons. The zero-order valence-electron chi connectivity index (χ0n) is 13.6. The molecule has 0 aromatic heterocycles. The van der Waals surface area contributed by atoms with E-state index < -0.39 is 0 Å². The fraction of sp³-hybridized carbons (Fsp3) is 1.00. The van der Waals surface area contributed by atoms with Gasteiger partial charge in [0.1, 0.15) is 0 Å². The van der Waals surface area contributed by atoms with Gasteiger partial charge in [-0.15, -0.1) is 0 Å². The Bertz CT molecular complexity index is 284. The predicted molar refractivity (Wildman–Crippen MR) is 84.8 cm³/mol. The van der Waals surface area contributed by atoms with E-state index in [1.54, 1.807) is 0 Å². The minimum absolute atomic E-state index is 0.330. The van der Waals surface area contributed by atoms with Crippen molar-refractivity contribution in [3.63, 3.8) is 0 Å². The van der Waals surface area contributed by atoms with Crippen LogP contribution in [0.25, 0.3) is 0 Å². The molecule has 3 nitrogen and oxygen atoms in total. The Morgan fingerprint density at radius 3 is 2.70 bits per heavy atom. The second-order valence-corrected chi connectivity index (χ2v) is 7.13. The normalized spacial score (nSPS) is 39.3. The smallest absolute Gasteiger partial charge is 0.0589 e. The molecular weight excluding hydrogens is 248 g/mol. The molecule has 118 valence electrons. The van der Waals surface area contributed by atoms with E-state index in [0.29, 0.717) is 24.6 Å². The zero-order valence-corrected chi connectivity index (χ0v) is 13.6. The summed E-state index contributed by atoms with van der Waals surface area (Å²) in [4.78, 5) is 2.56. The molecule has 5 unspecified atom stereocenters. The van der Waals surface area contributed by atoms with Gasteiger partial charge in [-0.1, -0.05) is 26.7 Å². The highest BCUT2D eigenvalue weighted by Gasteiger charge is 2.35. The second kappa shape index (κ2) is 7.77. The lowest BCUT2D eigenvalue weighted by Crippen LogP contribution is -2.47. The average Bonchev–Trinajstić information content (AvgIpc) is 2.80. The fourth-order valence-corrected chi connectivity index (χ4v) is 4.52. The van der Waals surface area contributed by atoms with E-state index in [4.69, 9.17) is 0 Å². The number of aliphatic hydroxyl groups is 1. The van der Waals surface area contributed by atoms with Crippen LogP contribution in [0.15, 0.2) is 0 Å². The first-order valence-electron chi connectivity index (χ1n) is 8.71. The van der Waals surface area contributed by atoms with E-state index in [9.17, 15) is 5.11 Å². The molecule has 2 fully saturated rings. The number of aliphatic hydroxyl groups excluding tert-OH is 1. The molecule has 0 amide bonds. The van der Waals surface area contributed by atoms with Crippen LogP contribution in [0.2, 0.25) is 0 Å². The van der Waals surface area contributed by atoms with Crippen LogP contribution < -0.4 is 5.32 Å². The summed E-state index contributed by atoms with van der Waals surface area (Å²) < 4.78 is 0. The highest BCUT2D eigenvalue weighted by molar-refractivity contribution is 4.90. The van der Waals surface area contributed by atoms with Gasteiger partial charge >= 0.3 is 0 Å². The van der Waals surface area contributed by atoms with E-state index in [2.05, 4.69) is 31.1 Å². The highest BCUT2D eigenvalue weighted by Crippen LogP contribution is 2.34. The van der Waals surface area contributed by atoms with Gasteiger partial charge in [0, 0.05) is 18.6 Å². The maximum absolute atomic E-state index is 9.64. The molecule has 1 saturated heterocycles. The van der Waals surface area contributed by atoms with Crippen LogP contribution in [0.5, 0.6) is 0 Å².